The lowest BCUT2D eigenvalue weighted by Gasteiger charge is -2.31. The number of hydrogen-bond acceptors (Lipinski definition) is 3. The molecule has 1 atom stereocenters. The van der Waals surface area contributed by atoms with Crippen LogP contribution in [0, 0.1) is 5.41 Å². The van der Waals surface area contributed by atoms with Crippen molar-refractivity contribution in [1.82, 2.24) is 0 Å². The molecule has 1 aromatic rings. The summed E-state index contributed by atoms with van der Waals surface area (Å²) in [6.45, 7) is 4.16. The second kappa shape index (κ2) is 11.6. The summed E-state index contributed by atoms with van der Waals surface area (Å²) < 4.78 is 0. The fraction of sp³-hybridized carbons (Fsp3) is 0.476. The molecule has 3 N–H and O–H groups in total. The normalized spacial score (nSPS) is 14.1. The van der Waals surface area contributed by atoms with Crippen molar-refractivity contribution in [1.29, 1.82) is 0 Å². The summed E-state index contributed by atoms with van der Waals surface area (Å²) in [4.78, 5) is 0. The number of nitrogens with zero attached hydrogens (tertiary/aromatic N) is 1. The second-order valence-corrected chi connectivity index (χ2v) is 6.21. The Morgan fingerprint density at radius 3 is 2.29 bits per heavy atom. The van der Waals surface area contributed by atoms with Crippen LogP contribution in [0.15, 0.2) is 59.8 Å². The van der Waals surface area contributed by atoms with Gasteiger partial charge < -0.3 is 10.9 Å². The summed E-state index contributed by atoms with van der Waals surface area (Å²) in [6, 6.07) is 10.4. The molecular formula is C21H32N2O. The molecule has 0 aliphatic rings. The molecule has 0 amide bonds. The van der Waals surface area contributed by atoms with Gasteiger partial charge in [0.2, 0.25) is 0 Å². The van der Waals surface area contributed by atoms with E-state index in [0.29, 0.717) is 0 Å². The van der Waals surface area contributed by atoms with Crippen molar-refractivity contribution in [2.45, 2.75) is 58.4 Å². The van der Waals surface area contributed by atoms with Crippen molar-refractivity contribution in [3.63, 3.8) is 0 Å². The van der Waals surface area contributed by atoms with Crippen LogP contribution in [0.5, 0.6) is 0 Å². The van der Waals surface area contributed by atoms with E-state index in [0.717, 1.165) is 38.5 Å². The van der Waals surface area contributed by atoms with Gasteiger partial charge in [-0.2, -0.15) is 0 Å². The van der Waals surface area contributed by atoms with Crippen LogP contribution in [-0.4, -0.2) is 17.5 Å². The van der Waals surface area contributed by atoms with Crippen LogP contribution in [0.2, 0.25) is 0 Å². The highest BCUT2D eigenvalue weighted by atomic mass is 16.4. The molecule has 1 unspecified atom stereocenters. The zero-order valence-corrected chi connectivity index (χ0v) is 15.1. The van der Waals surface area contributed by atoms with Crippen molar-refractivity contribution in [3.05, 3.63) is 60.2 Å². The van der Waals surface area contributed by atoms with E-state index in [2.05, 4.69) is 67.6 Å². The van der Waals surface area contributed by atoms with Gasteiger partial charge in [0.05, 0.1) is 6.21 Å². The Balaban J connectivity index is 2.30. The summed E-state index contributed by atoms with van der Waals surface area (Å²) in [5.41, 5.74) is 7.41. The highest BCUT2D eigenvalue weighted by Gasteiger charge is 2.30. The molecule has 0 saturated heterocycles. The molecule has 3 nitrogen and oxygen atoms in total. The maximum Gasteiger partial charge on any atom is 0.0516 e. The highest BCUT2D eigenvalue weighted by Crippen LogP contribution is 2.28. The first kappa shape index (κ1) is 20.2. The first-order valence-electron chi connectivity index (χ1n) is 8.98. The van der Waals surface area contributed by atoms with Crippen molar-refractivity contribution in [3.8, 4) is 0 Å². The van der Waals surface area contributed by atoms with Crippen LogP contribution in [0.3, 0.4) is 0 Å². The first-order chi connectivity index (χ1) is 11.7. The Kier molecular flexibility index (Phi) is 9.78. The average Bonchev–Trinajstić information content (AvgIpc) is 2.62. The Morgan fingerprint density at radius 1 is 1.04 bits per heavy atom. The van der Waals surface area contributed by atoms with Gasteiger partial charge in [-0.25, -0.2) is 0 Å². The van der Waals surface area contributed by atoms with Gasteiger partial charge in [-0.3, -0.25) is 0 Å². The van der Waals surface area contributed by atoms with Gasteiger partial charge in [0.15, 0.2) is 0 Å². The van der Waals surface area contributed by atoms with Crippen molar-refractivity contribution in [2.24, 2.45) is 16.3 Å². The quantitative estimate of drug-likeness (QED) is 0.195. The van der Waals surface area contributed by atoms with Crippen LogP contribution in [0.4, 0.5) is 0 Å². The Morgan fingerprint density at radius 2 is 1.67 bits per heavy atom. The molecule has 0 fully saturated rings. The van der Waals surface area contributed by atoms with E-state index in [4.69, 9.17) is 10.9 Å². The zero-order valence-electron chi connectivity index (χ0n) is 15.1. The number of unbranched alkanes of at least 4 members (excludes halogenated alkanes) is 1. The average molecular weight is 328 g/mol. The van der Waals surface area contributed by atoms with Crippen molar-refractivity contribution in [2.75, 3.05) is 0 Å². The molecule has 0 aromatic heterocycles. The number of benzene rings is 1. The standard InChI is InChI=1S/C21H32N2O/c1-3-21(4-2,18-23-24)20(22)17-13-8-6-5-7-10-14-19-15-11-9-12-16-19/h5,7,9,11-13,15-18,20,24H,3-4,6,8,10,14,22H2,1-2H3. The summed E-state index contributed by atoms with van der Waals surface area (Å²) in [5, 5.41) is 12.1. The molecule has 0 radical (unpaired) electrons. The predicted octanol–water partition coefficient (Wildman–Crippen LogP) is 5.11. The maximum absolute atomic E-state index is 8.87. The van der Waals surface area contributed by atoms with Gasteiger partial charge in [-0.15, -0.1) is 5.16 Å². The number of oxime groups is 1. The van der Waals surface area contributed by atoms with E-state index in [-0.39, 0.29) is 11.5 Å². The summed E-state index contributed by atoms with van der Waals surface area (Å²) in [7, 11) is 0. The van der Waals surface area contributed by atoms with Gasteiger partial charge in [0.25, 0.3) is 0 Å². The smallest absolute Gasteiger partial charge is 0.0516 e. The van der Waals surface area contributed by atoms with Gasteiger partial charge in [-0.05, 0) is 44.1 Å². The van der Waals surface area contributed by atoms with Crippen LogP contribution >= 0.6 is 0 Å². The molecule has 1 aromatic carbocycles. The van der Waals surface area contributed by atoms with Crippen LogP contribution in [-0.2, 0) is 6.42 Å². The lowest BCUT2D eigenvalue weighted by Crippen LogP contribution is -2.41. The SMILES string of the molecule is CCC(C=NO)(CC)C(N)C=CCCC=CCCc1ccccc1. The Bertz CT molecular complexity index is 516. The minimum absolute atomic E-state index is 0.120. The third-order valence-corrected chi connectivity index (χ3v) is 4.75. The monoisotopic (exact) mass is 328 g/mol. The summed E-state index contributed by atoms with van der Waals surface area (Å²) in [5.74, 6) is 0. The lowest BCUT2D eigenvalue weighted by molar-refractivity contribution is 0.295. The topological polar surface area (TPSA) is 58.6 Å². The van der Waals surface area contributed by atoms with E-state index < -0.39 is 0 Å². The fourth-order valence-electron chi connectivity index (χ4n) is 2.86. The van der Waals surface area contributed by atoms with Gasteiger partial charge in [-0.1, -0.05) is 68.5 Å². The number of aryl methyl sites for hydroxylation is 1. The van der Waals surface area contributed by atoms with Crippen LogP contribution in [0.25, 0.3) is 0 Å². The minimum atomic E-state index is -0.253. The number of allylic oxidation sites excluding steroid dienone is 3. The molecular weight excluding hydrogens is 296 g/mol. The molecule has 132 valence electrons. The van der Waals surface area contributed by atoms with Gasteiger partial charge in [0.1, 0.15) is 0 Å². The summed E-state index contributed by atoms with van der Waals surface area (Å²) in [6.07, 6.45) is 16.2. The lowest BCUT2D eigenvalue weighted by atomic mass is 9.76. The fourth-order valence-corrected chi connectivity index (χ4v) is 2.86. The number of rotatable bonds is 11. The predicted molar refractivity (Wildman–Crippen MR) is 104 cm³/mol. The number of nitrogens with two attached hydrogens (primary N) is 1. The second-order valence-electron chi connectivity index (χ2n) is 6.21. The van der Waals surface area contributed by atoms with E-state index in [1.165, 1.54) is 5.56 Å². The van der Waals surface area contributed by atoms with Crippen molar-refractivity contribution >= 4 is 6.21 Å². The van der Waals surface area contributed by atoms with Crippen LogP contribution < -0.4 is 5.73 Å². The highest BCUT2D eigenvalue weighted by molar-refractivity contribution is 5.66. The minimum Gasteiger partial charge on any atom is -0.411 e. The molecule has 0 bridgehead atoms. The number of hydrogen-bond donors (Lipinski definition) is 2. The Labute approximate surface area is 147 Å². The van der Waals surface area contributed by atoms with E-state index in [1.54, 1.807) is 6.21 Å². The maximum atomic E-state index is 8.87. The molecule has 0 heterocycles. The Hall–Kier alpha value is -1.87. The molecule has 0 aliphatic heterocycles. The van der Waals surface area contributed by atoms with Gasteiger partial charge >= 0.3 is 0 Å². The first-order valence-corrected chi connectivity index (χ1v) is 8.98. The summed E-state index contributed by atoms with van der Waals surface area (Å²) >= 11 is 0. The third-order valence-electron chi connectivity index (χ3n) is 4.75. The van der Waals surface area contributed by atoms with E-state index in [1.807, 2.05) is 6.08 Å². The zero-order chi connectivity index (χ0) is 17.7. The molecule has 0 aliphatic carbocycles. The third kappa shape index (κ3) is 6.71. The molecule has 3 heteroatoms. The molecule has 0 saturated carbocycles. The van der Waals surface area contributed by atoms with Crippen LogP contribution in [0.1, 0.15) is 51.5 Å². The molecule has 1 rings (SSSR count). The van der Waals surface area contributed by atoms with Crippen molar-refractivity contribution < 1.29 is 5.21 Å². The molecule has 0 spiro atoms. The van der Waals surface area contributed by atoms with E-state index in [9.17, 15) is 0 Å². The largest absolute Gasteiger partial charge is 0.411 e. The van der Waals surface area contributed by atoms with E-state index >= 15 is 0 Å². The molecule has 24 heavy (non-hydrogen) atoms. The van der Waals surface area contributed by atoms with Gasteiger partial charge in [0, 0.05) is 11.5 Å².